The quantitative estimate of drug-likeness (QED) is 0.0615. The van der Waals surface area contributed by atoms with E-state index in [4.69, 9.17) is 23.7 Å². The van der Waals surface area contributed by atoms with Crippen molar-refractivity contribution in [3.8, 4) is 0 Å². The van der Waals surface area contributed by atoms with Crippen LogP contribution in [0.1, 0.15) is 79.8 Å². The second-order valence-electron chi connectivity index (χ2n) is 12.5. The first-order valence-corrected chi connectivity index (χ1v) is 19.0. The van der Waals surface area contributed by atoms with E-state index >= 15 is 0 Å². The molecule has 1 N–H and O–H groups in total. The van der Waals surface area contributed by atoms with Gasteiger partial charge in [0, 0.05) is 38.5 Å². The molecule has 0 aliphatic carbocycles. The van der Waals surface area contributed by atoms with E-state index < -0.39 is 17.5 Å². The summed E-state index contributed by atoms with van der Waals surface area (Å²) in [6.45, 7) is 20.7. The van der Waals surface area contributed by atoms with Crippen LogP contribution in [0.2, 0.25) is 0 Å². The van der Waals surface area contributed by atoms with E-state index in [0.717, 1.165) is 48.8 Å². The Bertz CT molecular complexity index is 1290. The number of nitrogens with zero attached hydrogens (tertiary/aromatic N) is 4. The first-order chi connectivity index (χ1) is 25.0. The van der Waals surface area contributed by atoms with Gasteiger partial charge in [-0.05, 0) is 58.0 Å². The summed E-state index contributed by atoms with van der Waals surface area (Å²) in [4.78, 5) is 47.7. The molecule has 2 aromatic heterocycles. The Morgan fingerprint density at radius 3 is 1.83 bits per heavy atom. The molecule has 0 aliphatic heterocycles. The number of unbranched alkanes of at least 4 members (excludes halogenated alkanes) is 1. The molecule has 15 heteroatoms. The van der Waals surface area contributed by atoms with Crippen LogP contribution in [0.4, 0.5) is 4.79 Å². The maximum Gasteiger partial charge on any atom is 2.00 e. The monoisotopic (exact) mass is 939 g/mol. The summed E-state index contributed by atoms with van der Waals surface area (Å²) in [7, 11) is 2.69. The van der Waals surface area contributed by atoms with Crippen LogP contribution in [0.5, 0.6) is 0 Å². The number of methoxy groups -OCH3 is 2. The molecule has 0 bridgehead atoms. The van der Waals surface area contributed by atoms with Crippen LogP contribution in [-0.2, 0) is 56.6 Å². The average Bonchev–Trinajstić information content (AvgIpc) is 3.12. The van der Waals surface area contributed by atoms with Gasteiger partial charge >= 0.3 is 37.8 Å². The van der Waals surface area contributed by atoms with Crippen molar-refractivity contribution in [1.29, 1.82) is 0 Å². The summed E-state index contributed by atoms with van der Waals surface area (Å²) in [6, 6.07) is 10.7. The Morgan fingerprint density at radius 2 is 1.36 bits per heavy atom. The molecule has 0 saturated carbocycles. The van der Waals surface area contributed by atoms with Gasteiger partial charge in [0.25, 0.3) is 0 Å². The second kappa shape index (κ2) is 30.6. The fourth-order valence-electron chi connectivity index (χ4n) is 4.42. The van der Waals surface area contributed by atoms with Crippen molar-refractivity contribution in [2.45, 2.75) is 66.2 Å². The molecule has 2 heterocycles. The van der Waals surface area contributed by atoms with E-state index in [1.54, 1.807) is 18.2 Å². The SMILES string of the molecule is CC[CH-]CSCCNC(=O)OC(C)(C)C.[CH2-]CN(CCOCCOCCN(CCC)Cc1cccc(C(=O)OC)n1)Cc1cccc(C(=O)OC)n1.[Os+2]. The Kier molecular flexibility index (Phi) is 29.1. The van der Waals surface area contributed by atoms with Gasteiger partial charge in [-0.2, -0.15) is 18.2 Å². The van der Waals surface area contributed by atoms with Crippen molar-refractivity contribution in [2.75, 3.05) is 84.9 Å². The van der Waals surface area contributed by atoms with Crippen molar-refractivity contribution in [3.63, 3.8) is 0 Å². The summed E-state index contributed by atoms with van der Waals surface area (Å²) in [5.74, 6) is 1.09. The van der Waals surface area contributed by atoms with Gasteiger partial charge in [-0.15, -0.1) is 12.3 Å². The number of pyridine rings is 2. The maximum absolute atomic E-state index is 11.7. The average molecular weight is 938 g/mol. The molecule has 0 spiro atoms. The number of alkyl carbamates (subject to hydrolysis) is 1. The van der Waals surface area contributed by atoms with Gasteiger partial charge in [-0.3, -0.25) is 4.90 Å². The molecule has 2 rings (SSSR count). The molecular weight excluding hydrogens is 877 g/mol. The number of nitrogens with one attached hydrogen (secondary N) is 1. The Morgan fingerprint density at radius 1 is 0.830 bits per heavy atom. The molecule has 0 unspecified atom stereocenters. The van der Waals surface area contributed by atoms with Crippen molar-refractivity contribution in [3.05, 3.63) is 72.5 Å². The van der Waals surface area contributed by atoms with Crippen molar-refractivity contribution in [1.82, 2.24) is 25.1 Å². The van der Waals surface area contributed by atoms with Crippen LogP contribution in [-0.4, -0.2) is 128 Å². The minimum absolute atomic E-state index is 0. The Labute approximate surface area is 335 Å². The third kappa shape index (κ3) is 25.1. The van der Waals surface area contributed by atoms with E-state index in [1.807, 2.05) is 50.7 Å². The van der Waals surface area contributed by atoms with Gasteiger partial charge in [-0.1, -0.05) is 26.0 Å². The van der Waals surface area contributed by atoms with E-state index in [1.165, 1.54) is 14.2 Å². The van der Waals surface area contributed by atoms with Crippen LogP contribution < -0.4 is 5.32 Å². The largest absolute Gasteiger partial charge is 2.00 e. The van der Waals surface area contributed by atoms with Crippen molar-refractivity contribution >= 4 is 29.8 Å². The summed E-state index contributed by atoms with van der Waals surface area (Å²) in [6.07, 6.45) is 4.00. The molecule has 2 aromatic rings. The van der Waals surface area contributed by atoms with Gasteiger partial charge in [-0.25, -0.2) is 24.4 Å². The van der Waals surface area contributed by atoms with Crippen LogP contribution in [0.3, 0.4) is 0 Å². The van der Waals surface area contributed by atoms with E-state index in [2.05, 4.69) is 52.3 Å². The Balaban J connectivity index is 0.00000143. The molecule has 0 radical (unpaired) electrons. The third-order valence-electron chi connectivity index (χ3n) is 6.94. The standard InChI is InChI=1S/C27H39N4O6.C11H22NO2S.Os/c1-5-13-31(21-23-10-8-12-25(29-23)27(33)35-4)15-17-37-19-18-36-16-14-30(6-2)20-22-9-7-11-24(28-22)26(32)34-3;1-5-6-8-15-9-7-12-10(13)14-11(2,3)4;/h7-12H,2,5-6,13-21H2,1,3-4H3;6H,5,7-9H2,1-4H3,(H,12,13);/q2*-1;+2. The zero-order chi connectivity index (χ0) is 38.6. The van der Waals surface area contributed by atoms with E-state index in [-0.39, 0.29) is 25.9 Å². The van der Waals surface area contributed by atoms with Gasteiger partial charge in [0.15, 0.2) is 0 Å². The van der Waals surface area contributed by atoms with Gasteiger partial charge in [0.05, 0.1) is 52.0 Å². The van der Waals surface area contributed by atoms with Crippen LogP contribution >= 0.6 is 11.8 Å². The first kappa shape index (κ1) is 50.3. The predicted molar refractivity (Wildman–Crippen MR) is 205 cm³/mol. The summed E-state index contributed by atoms with van der Waals surface area (Å²) in [5.41, 5.74) is 1.79. The number of rotatable bonds is 24. The molecule has 0 fully saturated rings. The number of ether oxygens (including phenoxy) is 5. The number of thioether (sulfide) groups is 1. The second-order valence-corrected chi connectivity index (χ2v) is 13.6. The molecule has 0 saturated heterocycles. The molecule has 13 nitrogen and oxygen atoms in total. The Hall–Kier alpha value is -2.66. The summed E-state index contributed by atoms with van der Waals surface area (Å²) >= 11 is 1.81. The van der Waals surface area contributed by atoms with Crippen LogP contribution in [0.15, 0.2) is 36.4 Å². The molecule has 53 heavy (non-hydrogen) atoms. The smallest absolute Gasteiger partial charge is 0.464 e. The van der Waals surface area contributed by atoms with E-state index in [0.29, 0.717) is 70.5 Å². The molecular formula is C38H61N5O8OsS. The topological polar surface area (TPSA) is 142 Å². The molecule has 0 aliphatic rings. The third-order valence-corrected chi connectivity index (χ3v) is 7.91. The van der Waals surface area contributed by atoms with Gasteiger partial charge in [0.1, 0.15) is 17.0 Å². The fraction of sp³-hybridized carbons (Fsp3) is 0.605. The fourth-order valence-corrected chi connectivity index (χ4v) is 5.23. The minimum Gasteiger partial charge on any atom is -0.464 e. The number of carbonyl (C=O) groups excluding carboxylic acids is 3. The maximum atomic E-state index is 11.7. The van der Waals surface area contributed by atoms with Gasteiger partial charge < -0.3 is 47.2 Å². The van der Waals surface area contributed by atoms with Crippen LogP contribution in [0, 0.1) is 13.3 Å². The van der Waals surface area contributed by atoms with E-state index in [9.17, 15) is 14.4 Å². The number of hydrogen-bond donors (Lipinski definition) is 1. The molecule has 0 atom stereocenters. The first-order valence-electron chi connectivity index (χ1n) is 17.8. The van der Waals surface area contributed by atoms with Crippen molar-refractivity contribution in [2.24, 2.45) is 0 Å². The molecule has 0 aromatic carbocycles. The van der Waals surface area contributed by atoms with Gasteiger partial charge in [0.2, 0.25) is 0 Å². The minimum atomic E-state index is -0.450. The number of amides is 1. The zero-order valence-electron chi connectivity index (χ0n) is 32.7. The molecule has 1 amide bonds. The number of esters is 2. The number of carbonyl (C=O) groups is 3. The molecule has 300 valence electrons. The summed E-state index contributed by atoms with van der Waals surface area (Å²) in [5, 5.41) is 2.72. The number of aromatic nitrogens is 2. The van der Waals surface area contributed by atoms with Crippen molar-refractivity contribution < 1.29 is 57.9 Å². The normalized spacial score (nSPS) is 11.0. The predicted octanol–water partition coefficient (Wildman–Crippen LogP) is 5.49. The summed E-state index contributed by atoms with van der Waals surface area (Å²) < 4.78 is 26.1. The number of hydrogen-bond acceptors (Lipinski definition) is 13. The zero-order valence-corrected chi connectivity index (χ0v) is 36.0. The van der Waals surface area contributed by atoms with Crippen LogP contribution in [0.25, 0.3) is 0 Å².